The fourth-order valence-corrected chi connectivity index (χ4v) is 2.96. The summed E-state index contributed by atoms with van der Waals surface area (Å²) in [5.41, 5.74) is 4.62. The lowest BCUT2D eigenvalue weighted by atomic mass is 10.1. The van der Waals surface area contributed by atoms with Crippen LogP contribution in [0.4, 0.5) is 0 Å². The molecule has 0 aliphatic carbocycles. The Labute approximate surface area is 155 Å². The molecule has 1 heterocycles. The number of hydrogen-bond donors (Lipinski definition) is 1. The van der Waals surface area contributed by atoms with Gasteiger partial charge in [-0.1, -0.05) is 60.7 Å². The Kier molecular flexibility index (Phi) is 6.58. The van der Waals surface area contributed by atoms with E-state index < -0.39 is 0 Å². The molecule has 0 aliphatic heterocycles. The van der Waals surface area contributed by atoms with Crippen molar-refractivity contribution < 1.29 is 0 Å². The van der Waals surface area contributed by atoms with Crippen molar-refractivity contribution in [3.05, 3.63) is 78.0 Å². The molecule has 0 atom stereocenters. The number of aromatic nitrogens is 2. The van der Waals surface area contributed by atoms with E-state index in [9.17, 15) is 0 Å². The molecule has 132 valence electrons. The van der Waals surface area contributed by atoms with Crippen molar-refractivity contribution >= 4 is 0 Å². The number of rotatable bonds is 9. The molecule has 3 rings (SSSR count). The van der Waals surface area contributed by atoms with Crippen LogP contribution in [-0.2, 0) is 13.1 Å². The van der Waals surface area contributed by atoms with Crippen molar-refractivity contribution in [1.82, 2.24) is 15.1 Å². The third-order valence-electron chi connectivity index (χ3n) is 4.28. The quantitative estimate of drug-likeness (QED) is 0.586. The van der Waals surface area contributed by atoms with Gasteiger partial charge in [-0.3, -0.25) is 4.68 Å². The van der Waals surface area contributed by atoms with E-state index in [1.165, 1.54) is 11.1 Å². The molecular formula is C22H24N4. The van der Waals surface area contributed by atoms with Crippen molar-refractivity contribution in [3.8, 4) is 17.3 Å². The standard InChI is InChI=1S/C22H24N4/c23-14-8-3-9-15-24-16-21-18-26(17-19-10-4-1-5-11-19)25-22(21)20-12-6-2-7-13-20/h1-2,4-7,10-13,18,24H,3,8-9,15-17H2. The highest BCUT2D eigenvalue weighted by Crippen LogP contribution is 2.22. The summed E-state index contributed by atoms with van der Waals surface area (Å²) in [6.45, 7) is 2.47. The SMILES string of the molecule is N#CCCCCNCc1cn(Cc2ccccc2)nc1-c1ccccc1. The molecule has 26 heavy (non-hydrogen) atoms. The van der Waals surface area contributed by atoms with E-state index in [-0.39, 0.29) is 0 Å². The molecule has 2 aromatic carbocycles. The van der Waals surface area contributed by atoms with Crippen LogP contribution in [0.5, 0.6) is 0 Å². The summed E-state index contributed by atoms with van der Waals surface area (Å²) in [6, 6.07) is 22.9. The normalized spacial score (nSPS) is 10.6. The minimum absolute atomic E-state index is 0.631. The fourth-order valence-electron chi connectivity index (χ4n) is 2.96. The number of benzene rings is 2. The van der Waals surface area contributed by atoms with E-state index >= 15 is 0 Å². The van der Waals surface area contributed by atoms with Crippen LogP contribution >= 0.6 is 0 Å². The molecule has 0 aliphatic rings. The smallest absolute Gasteiger partial charge is 0.0968 e. The molecule has 0 bridgehead atoms. The maximum absolute atomic E-state index is 8.61. The van der Waals surface area contributed by atoms with Gasteiger partial charge in [0.25, 0.3) is 0 Å². The lowest BCUT2D eigenvalue weighted by Crippen LogP contribution is -2.14. The highest BCUT2D eigenvalue weighted by molar-refractivity contribution is 5.62. The second-order valence-electron chi connectivity index (χ2n) is 6.34. The van der Waals surface area contributed by atoms with E-state index in [1.807, 2.05) is 28.9 Å². The fraction of sp³-hybridized carbons (Fsp3) is 0.273. The minimum atomic E-state index is 0.631. The van der Waals surface area contributed by atoms with Gasteiger partial charge in [0.1, 0.15) is 0 Å². The summed E-state index contributed by atoms with van der Waals surface area (Å²) in [5, 5.41) is 16.9. The van der Waals surface area contributed by atoms with Gasteiger partial charge in [-0.15, -0.1) is 0 Å². The summed E-state index contributed by atoms with van der Waals surface area (Å²) < 4.78 is 2.02. The monoisotopic (exact) mass is 344 g/mol. The predicted molar refractivity (Wildman–Crippen MR) is 104 cm³/mol. The van der Waals surface area contributed by atoms with Crippen LogP contribution in [0.1, 0.15) is 30.4 Å². The van der Waals surface area contributed by atoms with Gasteiger partial charge in [-0.05, 0) is 24.9 Å². The van der Waals surface area contributed by atoms with E-state index in [0.29, 0.717) is 6.42 Å². The molecule has 4 heteroatoms. The first-order valence-electron chi connectivity index (χ1n) is 9.10. The van der Waals surface area contributed by atoms with Gasteiger partial charge in [0.15, 0.2) is 0 Å². The highest BCUT2D eigenvalue weighted by atomic mass is 15.3. The Bertz CT molecular complexity index is 832. The second-order valence-corrected chi connectivity index (χ2v) is 6.34. The van der Waals surface area contributed by atoms with E-state index in [1.54, 1.807) is 0 Å². The van der Waals surface area contributed by atoms with Crippen molar-refractivity contribution in [2.45, 2.75) is 32.4 Å². The maximum Gasteiger partial charge on any atom is 0.0968 e. The third kappa shape index (κ3) is 5.05. The van der Waals surface area contributed by atoms with Crippen molar-refractivity contribution in [3.63, 3.8) is 0 Å². The Hall–Kier alpha value is -2.90. The van der Waals surface area contributed by atoms with E-state index in [2.05, 4.69) is 54.0 Å². The molecular weight excluding hydrogens is 320 g/mol. The van der Waals surface area contributed by atoms with E-state index in [4.69, 9.17) is 10.4 Å². The number of nitrogens with zero attached hydrogens (tertiary/aromatic N) is 3. The maximum atomic E-state index is 8.61. The average Bonchev–Trinajstić information content (AvgIpc) is 3.08. The first-order chi connectivity index (χ1) is 12.9. The number of nitriles is 1. The Morgan fingerprint density at radius 2 is 1.69 bits per heavy atom. The topological polar surface area (TPSA) is 53.6 Å². The molecule has 3 aromatic rings. The summed E-state index contributed by atoms with van der Waals surface area (Å²) in [7, 11) is 0. The number of hydrogen-bond acceptors (Lipinski definition) is 3. The van der Waals surface area contributed by atoms with Gasteiger partial charge in [-0.2, -0.15) is 10.4 Å². The lowest BCUT2D eigenvalue weighted by Gasteiger charge is -2.04. The first kappa shape index (κ1) is 17.9. The van der Waals surface area contributed by atoms with Crippen LogP contribution in [-0.4, -0.2) is 16.3 Å². The van der Waals surface area contributed by atoms with Gasteiger partial charge in [0.05, 0.1) is 18.3 Å². The Balaban J connectivity index is 1.72. The zero-order chi connectivity index (χ0) is 18.0. The first-order valence-corrected chi connectivity index (χ1v) is 9.10. The summed E-state index contributed by atoms with van der Waals surface area (Å²) >= 11 is 0. The zero-order valence-electron chi connectivity index (χ0n) is 14.9. The average molecular weight is 344 g/mol. The molecule has 1 aromatic heterocycles. The van der Waals surface area contributed by atoms with Gasteiger partial charge in [0, 0.05) is 30.3 Å². The highest BCUT2D eigenvalue weighted by Gasteiger charge is 2.11. The Morgan fingerprint density at radius 3 is 2.42 bits per heavy atom. The lowest BCUT2D eigenvalue weighted by molar-refractivity contribution is 0.627. The van der Waals surface area contributed by atoms with Crippen molar-refractivity contribution in [2.24, 2.45) is 0 Å². The predicted octanol–water partition coefficient (Wildman–Crippen LogP) is 4.38. The molecule has 0 fully saturated rings. The van der Waals surface area contributed by atoms with Gasteiger partial charge < -0.3 is 5.32 Å². The molecule has 0 radical (unpaired) electrons. The van der Waals surface area contributed by atoms with Crippen LogP contribution in [0.25, 0.3) is 11.3 Å². The van der Waals surface area contributed by atoms with Crippen molar-refractivity contribution in [2.75, 3.05) is 6.54 Å². The number of nitrogens with one attached hydrogen (secondary N) is 1. The second kappa shape index (κ2) is 9.55. The Morgan fingerprint density at radius 1 is 0.962 bits per heavy atom. The van der Waals surface area contributed by atoms with Crippen LogP contribution in [0.3, 0.4) is 0 Å². The van der Waals surface area contributed by atoms with Crippen LogP contribution in [0.2, 0.25) is 0 Å². The molecule has 0 unspecified atom stereocenters. The summed E-state index contributed by atoms with van der Waals surface area (Å²) in [4.78, 5) is 0. The molecule has 0 saturated heterocycles. The largest absolute Gasteiger partial charge is 0.313 e. The molecule has 0 amide bonds. The molecule has 4 nitrogen and oxygen atoms in total. The zero-order valence-corrected chi connectivity index (χ0v) is 14.9. The summed E-state index contributed by atoms with van der Waals surface area (Å²) in [5.74, 6) is 0. The van der Waals surface area contributed by atoms with Crippen molar-refractivity contribution in [1.29, 1.82) is 5.26 Å². The molecule has 1 N–H and O–H groups in total. The van der Waals surface area contributed by atoms with Gasteiger partial charge in [0.2, 0.25) is 0 Å². The van der Waals surface area contributed by atoms with Gasteiger partial charge >= 0.3 is 0 Å². The van der Waals surface area contributed by atoms with Crippen LogP contribution in [0, 0.1) is 11.3 Å². The summed E-state index contributed by atoms with van der Waals surface area (Å²) in [6.07, 6.45) is 4.73. The molecule has 0 saturated carbocycles. The van der Waals surface area contributed by atoms with Gasteiger partial charge in [-0.25, -0.2) is 0 Å². The minimum Gasteiger partial charge on any atom is -0.313 e. The van der Waals surface area contributed by atoms with E-state index in [0.717, 1.165) is 43.7 Å². The number of unbranched alkanes of at least 4 members (excludes halogenated alkanes) is 2. The van der Waals surface area contributed by atoms with Crippen LogP contribution in [0.15, 0.2) is 66.9 Å². The molecule has 0 spiro atoms. The van der Waals surface area contributed by atoms with Crippen LogP contribution < -0.4 is 5.32 Å². The third-order valence-corrected chi connectivity index (χ3v) is 4.28.